The van der Waals surface area contributed by atoms with E-state index in [0.29, 0.717) is 22.6 Å². The highest BCUT2D eigenvalue weighted by Gasteiger charge is 2.12. The number of urea groups is 1. The SMILES string of the molecule is O=C(Nc1ccccc1)Nc1ccc(-c2cc(C(=O)O)on2)cc1. The quantitative estimate of drug-likeness (QED) is 0.679. The van der Waals surface area contributed by atoms with Crippen LogP contribution in [0.3, 0.4) is 0 Å². The maximum absolute atomic E-state index is 11.9. The third kappa shape index (κ3) is 3.58. The Kier molecular flexibility index (Phi) is 4.24. The summed E-state index contributed by atoms with van der Waals surface area (Å²) in [5.74, 6) is -1.40. The van der Waals surface area contributed by atoms with Gasteiger partial charge in [-0.25, -0.2) is 9.59 Å². The van der Waals surface area contributed by atoms with Gasteiger partial charge < -0.3 is 20.3 Å². The van der Waals surface area contributed by atoms with Gasteiger partial charge >= 0.3 is 12.0 Å². The Morgan fingerprint density at radius 1 is 0.917 bits per heavy atom. The molecule has 0 radical (unpaired) electrons. The average molecular weight is 323 g/mol. The molecule has 3 rings (SSSR count). The van der Waals surface area contributed by atoms with Crippen molar-refractivity contribution in [2.24, 2.45) is 0 Å². The summed E-state index contributed by atoms with van der Waals surface area (Å²) in [6.45, 7) is 0. The molecule has 2 aromatic carbocycles. The van der Waals surface area contributed by atoms with E-state index in [4.69, 9.17) is 9.63 Å². The molecule has 0 atom stereocenters. The van der Waals surface area contributed by atoms with Crippen LogP contribution >= 0.6 is 0 Å². The molecule has 2 amide bonds. The number of carbonyl (C=O) groups excluding carboxylic acids is 1. The van der Waals surface area contributed by atoms with Gasteiger partial charge in [0.15, 0.2) is 0 Å². The van der Waals surface area contributed by atoms with Crippen LogP contribution in [0.4, 0.5) is 16.2 Å². The summed E-state index contributed by atoms with van der Waals surface area (Å²) in [6, 6.07) is 16.9. The number of anilines is 2. The zero-order valence-corrected chi connectivity index (χ0v) is 12.4. The number of nitrogens with zero attached hydrogens (tertiary/aromatic N) is 1. The average Bonchev–Trinajstić information content (AvgIpc) is 3.07. The Morgan fingerprint density at radius 3 is 2.12 bits per heavy atom. The molecule has 120 valence electrons. The number of amides is 2. The van der Waals surface area contributed by atoms with Crippen molar-refractivity contribution in [3.8, 4) is 11.3 Å². The predicted molar refractivity (Wildman–Crippen MR) is 88.0 cm³/mol. The molecule has 0 aliphatic heterocycles. The van der Waals surface area contributed by atoms with E-state index in [1.165, 1.54) is 6.07 Å². The van der Waals surface area contributed by atoms with Crippen molar-refractivity contribution in [2.75, 3.05) is 10.6 Å². The maximum Gasteiger partial charge on any atom is 0.374 e. The lowest BCUT2D eigenvalue weighted by Gasteiger charge is -2.07. The second-order valence-electron chi connectivity index (χ2n) is 4.90. The molecule has 7 nitrogen and oxygen atoms in total. The van der Waals surface area contributed by atoms with Crippen LogP contribution in [0.5, 0.6) is 0 Å². The molecule has 3 aromatic rings. The molecule has 24 heavy (non-hydrogen) atoms. The number of hydrogen-bond acceptors (Lipinski definition) is 4. The maximum atomic E-state index is 11.9. The zero-order chi connectivity index (χ0) is 16.9. The van der Waals surface area contributed by atoms with E-state index in [1.807, 2.05) is 18.2 Å². The summed E-state index contributed by atoms with van der Waals surface area (Å²) >= 11 is 0. The second-order valence-corrected chi connectivity index (χ2v) is 4.90. The normalized spacial score (nSPS) is 10.2. The van der Waals surface area contributed by atoms with Crippen LogP contribution in [0.25, 0.3) is 11.3 Å². The Hall–Kier alpha value is -3.61. The van der Waals surface area contributed by atoms with E-state index in [1.54, 1.807) is 36.4 Å². The smallest absolute Gasteiger partial charge is 0.374 e. The van der Waals surface area contributed by atoms with Gasteiger partial charge in [0, 0.05) is 23.0 Å². The number of benzene rings is 2. The first-order valence-corrected chi connectivity index (χ1v) is 7.05. The highest BCUT2D eigenvalue weighted by molar-refractivity contribution is 5.99. The standard InChI is InChI=1S/C17H13N3O4/c21-16(22)15-10-14(20-24-15)11-6-8-13(9-7-11)19-17(23)18-12-4-2-1-3-5-12/h1-10H,(H,21,22)(H2,18,19,23). The highest BCUT2D eigenvalue weighted by atomic mass is 16.5. The third-order valence-corrected chi connectivity index (χ3v) is 3.19. The van der Waals surface area contributed by atoms with E-state index >= 15 is 0 Å². The van der Waals surface area contributed by atoms with Crippen molar-refractivity contribution in [1.82, 2.24) is 5.16 Å². The molecular formula is C17H13N3O4. The van der Waals surface area contributed by atoms with Crippen LogP contribution in [0, 0.1) is 0 Å². The monoisotopic (exact) mass is 323 g/mol. The minimum Gasteiger partial charge on any atom is -0.475 e. The van der Waals surface area contributed by atoms with Gasteiger partial charge in [-0.05, 0) is 24.3 Å². The number of rotatable bonds is 4. The summed E-state index contributed by atoms with van der Waals surface area (Å²) in [6.07, 6.45) is 0. The predicted octanol–water partition coefficient (Wildman–Crippen LogP) is 3.68. The number of carbonyl (C=O) groups is 2. The van der Waals surface area contributed by atoms with Crippen LogP contribution in [0.15, 0.2) is 65.2 Å². The molecule has 7 heteroatoms. The molecular weight excluding hydrogens is 310 g/mol. The molecule has 0 aliphatic carbocycles. The molecule has 0 spiro atoms. The Balaban J connectivity index is 1.65. The summed E-state index contributed by atoms with van der Waals surface area (Å²) in [4.78, 5) is 22.7. The van der Waals surface area contributed by atoms with E-state index < -0.39 is 5.97 Å². The van der Waals surface area contributed by atoms with Gasteiger partial charge in [0.25, 0.3) is 0 Å². The summed E-state index contributed by atoms with van der Waals surface area (Å²) in [5.41, 5.74) is 2.37. The van der Waals surface area contributed by atoms with E-state index in [9.17, 15) is 9.59 Å². The van der Waals surface area contributed by atoms with Gasteiger partial charge in [-0.3, -0.25) is 0 Å². The molecule has 0 unspecified atom stereocenters. The number of para-hydroxylation sites is 1. The topological polar surface area (TPSA) is 104 Å². The van der Waals surface area contributed by atoms with Crippen molar-refractivity contribution in [3.05, 3.63) is 66.4 Å². The summed E-state index contributed by atoms with van der Waals surface area (Å²) < 4.78 is 4.71. The summed E-state index contributed by atoms with van der Waals surface area (Å²) in [7, 11) is 0. The largest absolute Gasteiger partial charge is 0.475 e. The minimum absolute atomic E-state index is 0.227. The Bertz CT molecular complexity index is 857. The van der Waals surface area contributed by atoms with Crippen molar-refractivity contribution in [3.63, 3.8) is 0 Å². The van der Waals surface area contributed by atoms with Gasteiger partial charge in [-0.15, -0.1) is 0 Å². The number of aromatic carboxylic acids is 1. The Labute approximate surface area is 136 Å². The van der Waals surface area contributed by atoms with Crippen LogP contribution in [0.2, 0.25) is 0 Å². The molecule has 0 bridgehead atoms. The van der Waals surface area contributed by atoms with Crippen LogP contribution in [-0.4, -0.2) is 22.3 Å². The molecule has 0 saturated heterocycles. The van der Waals surface area contributed by atoms with Crippen molar-refractivity contribution in [2.45, 2.75) is 0 Å². The van der Waals surface area contributed by atoms with E-state index in [0.717, 1.165) is 0 Å². The van der Waals surface area contributed by atoms with Gasteiger partial charge in [0.1, 0.15) is 5.69 Å². The lowest BCUT2D eigenvalue weighted by Crippen LogP contribution is -2.19. The number of carboxylic acid groups (broad SMARTS) is 1. The van der Waals surface area contributed by atoms with Gasteiger partial charge in [-0.1, -0.05) is 35.5 Å². The first kappa shape index (κ1) is 15.3. The molecule has 1 aromatic heterocycles. The second kappa shape index (κ2) is 6.66. The Morgan fingerprint density at radius 2 is 1.54 bits per heavy atom. The number of aromatic nitrogens is 1. The van der Waals surface area contributed by atoms with Crippen molar-refractivity contribution in [1.29, 1.82) is 0 Å². The summed E-state index contributed by atoms with van der Waals surface area (Å²) in [5, 5.41) is 17.9. The number of carboxylic acids is 1. The molecule has 0 fully saturated rings. The van der Waals surface area contributed by atoms with Crippen molar-refractivity contribution >= 4 is 23.4 Å². The molecule has 0 aliphatic rings. The van der Waals surface area contributed by atoms with Gasteiger partial charge in [0.2, 0.25) is 5.76 Å². The molecule has 1 heterocycles. The van der Waals surface area contributed by atoms with Crippen LogP contribution in [-0.2, 0) is 0 Å². The van der Waals surface area contributed by atoms with Crippen LogP contribution < -0.4 is 10.6 Å². The number of hydrogen-bond donors (Lipinski definition) is 3. The fourth-order valence-corrected chi connectivity index (χ4v) is 2.05. The zero-order valence-electron chi connectivity index (χ0n) is 12.4. The van der Waals surface area contributed by atoms with E-state index in [2.05, 4.69) is 15.8 Å². The molecule has 3 N–H and O–H groups in total. The fourth-order valence-electron chi connectivity index (χ4n) is 2.05. The van der Waals surface area contributed by atoms with Gasteiger partial charge in [-0.2, -0.15) is 0 Å². The van der Waals surface area contributed by atoms with Crippen molar-refractivity contribution < 1.29 is 19.2 Å². The lowest BCUT2D eigenvalue weighted by molar-refractivity contribution is 0.0652. The fraction of sp³-hybridized carbons (Fsp3) is 0. The van der Waals surface area contributed by atoms with Gasteiger partial charge in [0.05, 0.1) is 0 Å². The lowest BCUT2D eigenvalue weighted by atomic mass is 10.1. The number of nitrogens with one attached hydrogen (secondary N) is 2. The third-order valence-electron chi connectivity index (χ3n) is 3.19. The molecule has 0 saturated carbocycles. The first-order chi connectivity index (χ1) is 11.6. The van der Waals surface area contributed by atoms with E-state index in [-0.39, 0.29) is 11.8 Å². The highest BCUT2D eigenvalue weighted by Crippen LogP contribution is 2.21. The minimum atomic E-state index is -1.18. The van der Waals surface area contributed by atoms with Crippen LogP contribution in [0.1, 0.15) is 10.6 Å². The first-order valence-electron chi connectivity index (χ1n) is 7.05.